The average Bonchev–Trinajstić information content (AvgIpc) is 2.54. The third kappa shape index (κ3) is 3.20. The SMILES string of the molecule is C[C@H](NC12CC3CC(CC(C3)C1)C2)C(=O)Nc1ccc(F)c([N+](=O)[O-])c1. The van der Waals surface area contributed by atoms with Crippen molar-refractivity contribution in [3.05, 3.63) is 34.1 Å². The van der Waals surface area contributed by atoms with Crippen molar-refractivity contribution < 1.29 is 14.1 Å². The maximum Gasteiger partial charge on any atom is 0.306 e. The Balaban J connectivity index is 1.42. The number of halogens is 1. The van der Waals surface area contributed by atoms with Gasteiger partial charge in [0.1, 0.15) is 0 Å². The van der Waals surface area contributed by atoms with Gasteiger partial charge in [0.15, 0.2) is 0 Å². The van der Waals surface area contributed by atoms with Crippen LogP contribution in [0.4, 0.5) is 15.8 Å². The molecule has 6 nitrogen and oxygen atoms in total. The molecule has 0 aromatic heterocycles. The van der Waals surface area contributed by atoms with E-state index in [9.17, 15) is 19.3 Å². The van der Waals surface area contributed by atoms with Crippen LogP contribution in [0.25, 0.3) is 0 Å². The molecular formula is C19H24FN3O3. The summed E-state index contributed by atoms with van der Waals surface area (Å²) in [4.78, 5) is 22.6. The van der Waals surface area contributed by atoms with Gasteiger partial charge in [0.2, 0.25) is 11.7 Å². The predicted molar refractivity (Wildman–Crippen MR) is 95.2 cm³/mol. The zero-order valence-electron chi connectivity index (χ0n) is 14.8. The summed E-state index contributed by atoms with van der Waals surface area (Å²) >= 11 is 0. The second-order valence-corrected chi connectivity index (χ2v) is 8.48. The summed E-state index contributed by atoms with van der Waals surface area (Å²) < 4.78 is 13.4. The Hall–Kier alpha value is -2.02. The highest BCUT2D eigenvalue weighted by Gasteiger charge is 2.51. The van der Waals surface area contributed by atoms with Gasteiger partial charge >= 0.3 is 5.69 Å². The molecule has 1 atom stereocenters. The van der Waals surface area contributed by atoms with E-state index in [1.165, 1.54) is 25.3 Å². The summed E-state index contributed by atoms with van der Waals surface area (Å²) in [6, 6.07) is 3.00. The van der Waals surface area contributed by atoms with Crippen molar-refractivity contribution in [3.8, 4) is 0 Å². The van der Waals surface area contributed by atoms with Gasteiger partial charge in [-0.1, -0.05) is 0 Å². The molecule has 2 N–H and O–H groups in total. The second-order valence-electron chi connectivity index (χ2n) is 8.48. The van der Waals surface area contributed by atoms with E-state index in [2.05, 4.69) is 10.6 Å². The number of amides is 1. The number of hydrogen-bond donors (Lipinski definition) is 2. The summed E-state index contributed by atoms with van der Waals surface area (Å²) in [6.07, 6.45) is 7.41. The summed E-state index contributed by atoms with van der Waals surface area (Å²) in [5.74, 6) is 1.19. The molecule has 4 bridgehead atoms. The van der Waals surface area contributed by atoms with Crippen LogP contribution < -0.4 is 10.6 Å². The first kappa shape index (κ1) is 17.4. The number of benzene rings is 1. The van der Waals surface area contributed by atoms with E-state index in [-0.39, 0.29) is 17.1 Å². The molecule has 0 aliphatic heterocycles. The summed E-state index contributed by atoms with van der Waals surface area (Å²) in [6.45, 7) is 1.83. The van der Waals surface area contributed by atoms with E-state index >= 15 is 0 Å². The van der Waals surface area contributed by atoms with Crippen LogP contribution in [0.15, 0.2) is 18.2 Å². The van der Waals surface area contributed by atoms with Gasteiger partial charge in [0.25, 0.3) is 0 Å². The van der Waals surface area contributed by atoms with E-state index in [1.807, 2.05) is 6.92 Å². The summed E-state index contributed by atoms with van der Waals surface area (Å²) in [5, 5.41) is 17.1. The number of hydrogen-bond acceptors (Lipinski definition) is 4. The fraction of sp³-hybridized carbons (Fsp3) is 0.632. The molecule has 4 fully saturated rings. The minimum absolute atomic E-state index is 0.0559. The van der Waals surface area contributed by atoms with Gasteiger partial charge in [-0.3, -0.25) is 14.9 Å². The number of nitrogens with one attached hydrogen (secondary N) is 2. The molecular weight excluding hydrogens is 337 g/mol. The lowest BCUT2D eigenvalue weighted by Gasteiger charge is -2.57. The van der Waals surface area contributed by atoms with Crippen LogP contribution in [-0.2, 0) is 4.79 Å². The normalized spacial score (nSPS) is 33.1. The third-order valence-corrected chi connectivity index (χ3v) is 6.36. The number of nitro groups is 1. The Morgan fingerprint density at radius 1 is 1.23 bits per heavy atom. The maximum absolute atomic E-state index is 13.4. The molecule has 4 aliphatic rings. The molecule has 26 heavy (non-hydrogen) atoms. The summed E-state index contributed by atoms with van der Waals surface area (Å²) in [7, 11) is 0. The number of nitro benzene ring substituents is 1. The zero-order valence-corrected chi connectivity index (χ0v) is 14.8. The molecule has 7 heteroatoms. The Kier molecular flexibility index (Phi) is 4.22. The van der Waals surface area contributed by atoms with Crippen LogP contribution in [0.5, 0.6) is 0 Å². The quantitative estimate of drug-likeness (QED) is 0.620. The number of anilines is 1. The average molecular weight is 361 g/mol. The van der Waals surface area contributed by atoms with Crippen molar-refractivity contribution >= 4 is 17.3 Å². The first-order chi connectivity index (χ1) is 12.3. The van der Waals surface area contributed by atoms with Gasteiger partial charge < -0.3 is 10.6 Å². The van der Waals surface area contributed by atoms with E-state index in [4.69, 9.17) is 0 Å². The van der Waals surface area contributed by atoms with Crippen molar-refractivity contribution in [2.24, 2.45) is 17.8 Å². The topological polar surface area (TPSA) is 84.3 Å². The van der Waals surface area contributed by atoms with Crippen LogP contribution >= 0.6 is 0 Å². The van der Waals surface area contributed by atoms with Crippen LogP contribution in [0, 0.1) is 33.7 Å². The molecule has 0 radical (unpaired) electrons. The Bertz CT molecular complexity index is 716. The number of carbonyl (C=O) groups excluding carboxylic acids is 1. The molecule has 0 heterocycles. The summed E-state index contributed by atoms with van der Waals surface area (Å²) in [5.41, 5.74) is -0.341. The molecule has 0 saturated heterocycles. The minimum atomic E-state index is -0.910. The van der Waals surface area contributed by atoms with Crippen molar-refractivity contribution in [2.45, 2.75) is 57.0 Å². The number of rotatable bonds is 5. The molecule has 0 unspecified atom stereocenters. The fourth-order valence-corrected chi connectivity index (χ4v) is 5.79. The van der Waals surface area contributed by atoms with Crippen molar-refractivity contribution in [1.82, 2.24) is 5.32 Å². The molecule has 0 spiro atoms. The zero-order chi connectivity index (χ0) is 18.5. The largest absolute Gasteiger partial charge is 0.324 e. The molecule has 1 amide bonds. The van der Waals surface area contributed by atoms with Crippen LogP contribution in [0.1, 0.15) is 45.4 Å². The van der Waals surface area contributed by atoms with E-state index in [0.717, 1.165) is 49.1 Å². The van der Waals surface area contributed by atoms with Gasteiger partial charge in [-0.15, -0.1) is 0 Å². The van der Waals surface area contributed by atoms with Crippen LogP contribution in [0.3, 0.4) is 0 Å². The van der Waals surface area contributed by atoms with Gasteiger partial charge in [-0.05, 0) is 75.3 Å². The van der Waals surface area contributed by atoms with Crippen LogP contribution in [-0.4, -0.2) is 22.4 Å². The van der Waals surface area contributed by atoms with Gasteiger partial charge in [-0.2, -0.15) is 4.39 Å². The number of carbonyl (C=O) groups is 1. The number of nitrogens with zero attached hydrogens (tertiary/aromatic N) is 1. The van der Waals surface area contributed by atoms with Gasteiger partial charge in [-0.25, -0.2) is 0 Å². The highest BCUT2D eigenvalue weighted by molar-refractivity contribution is 5.94. The molecule has 5 rings (SSSR count). The maximum atomic E-state index is 13.4. The third-order valence-electron chi connectivity index (χ3n) is 6.36. The van der Waals surface area contributed by atoms with E-state index < -0.39 is 22.5 Å². The monoisotopic (exact) mass is 361 g/mol. The lowest BCUT2D eigenvalue weighted by Crippen LogP contribution is -2.62. The molecule has 4 aliphatic carbocycles. The minimum Gasteiger partial charge on any atom is -0.324 e. The van der Waals surface area contributed by atoms with Crippen molar-refractivity contribution in [3.63, 3.8) is 0 Å². The smallest absolute Gasteiger partial charge is 0.306 e. The first-order valence-corrected chi connectivity index (χ1v) is 9.36. The standard InChI is InChI=1S/C19H24FN3O3/c1-11(18(24)21-15-2-3-16(20)17(7-15)23(25)26)22-19-8-12-4-13(9-19)6-14(5-12)10-19/h2-3,7,11-14,22H,4-6,8-10H2,1H3,(H,21,24)/t11-,12?,13?,14?,19?/m0/s1. The van der Waals surface area contributed by atoms with Crippen molar-refractivity contribution in [1.29, 1.82) is 0 Å². The van der Waals surface area contributed by atoms with Crippen LogP contribution in [0.2, 0.25) is 0 Å². The molecule has 1 aromatic rings. The Labute approximate surface area is 151 Å². The predicted octanol–water partition coefficient (Wildman–Crippen LogP) is 3.62. The molecule has 1 aromatic carbocycles. The van der Waals surface area contributed by atoms with E-state index in [0.29, 0.717) is 0 Å². The van der Waals surface area contributed by atoms with Gasteiger partial charge in [0.05, 0.1) is 11.0 Å². The van der Waals surface area contributed by atoms with E-state index in [1.54, 1.807) is 0 Å². The Morgan fingerprint density at radius 2 is 1.81 bits per heavy atom. The lowest BCUT2D eigenvalue weighted by molar-refractivity contribution is -0.387. The molecule has 4 saturated carbocycles. The highest BCUT2D eigenvalue weighted by atomic mass is 19.1. The highest BCUT2D eigenvalue weighted by Crippen LogP contribution is 2.55. The first-order valence-electron chi connectivity index (χ1n) is 9.36. The lowest BCUT2D eigenvalue weighted by atomic mass is 9.53. The van der Waals surface area contributed by atoms with Crippen molar-refractivity contribution in [2.75, 3.05) is 5.32 Å². The second kappa shape index (κ2) is 6.30. The molecule has 140 valence electrons. The fourth-order valence-electron chi connectivity index (χ4n) is 5.79. The Morgan fingerprint density at radius 3 is 2.35 bits per heavy atom. The van der Waals surface area contributed by atoms with Gasteiger partial charge in [0, 0.05) is 17.3 Å².